The predicted octanol–water partition coefficient (Wildman–Crippen LogP) is 2.85. The van der Waals surface area contributed by atoms with E-state index in [9.17, 15) is 4.79 Å². The Morgan fingerprint density at radius 2 is 2.21 bits per heavy atom. The number of hydrogen-bond donors (Lipinski definition) is 1. The second kappa shape index (κ2) is 3.29. The third-order valence-electron chi connectivity index (χ3n) is 2.65. The van der Waals surface area contributed by atoms with Gasteiger partial charge in [0.1, 0.15) is 0 Å². The summed E-state index contributed by atoms with van der Waals surface area (Å²) in [5, 5.41) is 1.09. The molecule has 1 heterocycles. The number of hydrogen-bond acceptors (Lipinski definition) is 1. The molecule has 0 aliphatic heterocycles. The topological polar surface area (TPSA) is 32.9 Å². The van der Waals surface area contributed by atoms with Gasteiger partial charge in [-0.05, 0) is 25.0 Å². The summed E-state index contributed by atoms with van der Waals surface area (Å²) in [5.74, 6) is 0. The molecule has 2 aromatic rings. The van der Waals surface area contributed by atoms with Gasteiger partial charge in [0.2, 0.25) is 0 Å². The van der Waals surface area contributed by atoms with E-state index >= 15 is 0 Å². The van der Waals surface area contributed by atoms with Crippen molar-refractivity contribution in [3.63, 3.8) is 0 Å². The molecule has 2 rings (SSSR count). The molecule has 2 heteroatoms. The maximum Gasteiger partial charge on any atom is 0.152 e. The molecule has 1 N–H and O–H groups in total. The van der Waals surface area contributed by atoms with Gasteiger partial charge in [0.15, 0.2) is 6.29 Å². The monoisotopic (exact) mass is 187 g/mol. The largest absolute Gasteiger partial charge is 0.358 e. The number of carbonyl (C=O) groups is 1. The highest BCUT2D eigenvalue weighted by Gasteiger charge is 2.09. The van der Waals surface area contributed by atoms with Gasteiger partial charge < -0.3 is 4.98 Å². The first-order valence-electron chi connectivity index (χ1n) is 4.83. The van der Waals surface area contributed by atoms with Crippen LogP contribution in [0.4, 0.5) is 0 Å². The lowest BCUT2D eigenvalue weighted by atomic mass is 10.0. The van der Waals surface area contributed by atoms with Gasteiger partial charge >= 0.3 is 0 Å². The Morgan fingerprint density at radius 3 is 2.86 bits per heavy atom. The lowest BCUT2D eigenvalue weighted by Gasteiger charge is -1.99. The Labute approximate surface area is 82.9 Å². The zero-order valence-electron chi connectivity index (χ0n) is 8.42. The first-order chi connectivity index (χ1) is 6.77. The number of aromatic amines is 1. The normalized spacial score (nSPS) is 10.7. The van der Waals surface area contributed by atoms with E-state index in [2.05, 4.69) is 18.0 Å². The van der Waals surface area contributed by atoms with Crippen LogP contribution in [-0.4, -0.2) is 11.3 Å². The molecule has 0 saturated carbocycles. The first-order valence-corrected chi connectivity index (χ1v) is 4.83. The van der Waals surface area contributed by atoms with Crippen molar-refractivity contribution in [2.75, 3.05) is 0 Å². The van der Waals surface area contributed by atoms with Crippen LogP contribution in [0, 0.1) is 6.92 Å². The standard InChI is InChI=1S/C12H13NO/c1-3-9-5-4-6-11-12(9)10(7-14)8(2)13-11/h4-7,13H,3H2,1-2H3. The maximum atomic E-state index is 11.0. The van der Waals surface area contributed by atoms with E-state index in [0.29, 0.717) is 0 Å². The van der Waals surface area contributed by atoms with E-state index in [-0.39, 0.29) is 0 Å². The molecule has 2 nitrogen and oxygen atoms in total. The molecule has 0 aliphatic carbocycles. The highest BCUT2D eigenvalue weighted by molar-refractivity contribution is 6.00. The Morgan fingerprint density at radius 1 is 1.43 bits per heavy atom. The molecule has 0 spiro atoms. The molecule has 0 atom stereocenters. The van der Waals surface area contributed by atoms with Crippen LogP contribution in [0.2, 0.25) is 0 Å². The minimum Gasteiger partial charge on any atom is -0.358 e. The van der Waals surface area contributed by atoms with Crippen molar-refractivity contribution in [2.24, 2.45) is 0 Å². The molecule has 0 unspecified atom stereocenters. The average molecular weight is 187 g/mol. The van der Waals surface area contributed by atoms with E-state index in [4.69, 9.17) is 0 Å². The number of H-pyrrole nitrogens is 1. The van der Waals surface area contributed by atoms with Crippen molar-refractivity contribution >= 4 is 17.2 Å². The lowest BCUT2D eigenvalue weighted by molar-refractivity contribution is 0.112. The molecule has 1 aromatic carbocycles. The molecule has 0 aliphatic rings. The van der Waals surface area contributed by atoms with Crippen LogP contribution in [0.15, 0.2) is 18.2 Å². The summed E-state index contributed by atoms with van der Waals surface area (Å²) in [5.41, 5.74) is 4.05. The fourth-order valence-corrected chi connectivity index (χ4v) is 1.92. The third kappa shape index (κ3) is 1.15. The van der Waals surface area contributed by atoms with Crippen LogP contribution >= 0.6 is 0 Å². The zero-order chi connectivity index (χ0) is 10.1. The molecular weight excluding hydrogens is 174 g/mol. The molecule has 14 heavy (non-hydrogen) atoms. The smallest absolute Gasteiger partial charge is 0.152 e. The second-order valence-corrected chi connectivity index (χ2v) is 3.47. The quantitative estimate of drug-likeness (QED) is 0.720. The summed E-state index contributed by atoms with van der Waals surface area (Å²) in [4.78, 5) is 14.2. The van der Waals surface area contributed by atoms with E-state index in [0.717, 1.165) is 34.9 Å². The van der Waals surface area contributed by atoms with Crippen molar-refractivity contribution in [1.82, 2.24) is 4.98 Å². The van der Waals surface area contributed by atoms with Gasteiger partial charge in [-0.3, -0.25) is 4.79 Å². The predicted molar refractivity (Wildman–Crippen MR) is 57.8 cm³/mol. The SMILES string of the molecule is CCc1cccc2[nH]c(C)c(C=O)c12. The molecule has 0 fully saturated rings. The van der Waals surface area contributed by atoms with Crippen molar-refractivity contribution in [3.05, 3.63) is 35.0 Å². The highest BCUT2D eigenvalue weighted by Crippen LogP contribution is 2.24. The third-order valence-corrected chi connectivity index (χ3v) is 2.65. The number of aryl methyl sites for hydroxylation is 2. The summed E-state index contributed by atoms with van der Waals surface area (Å²) >= 11 is 0. The summed E-state index contributed by atoms with van der Waals surface area (Å²) in [6, 6.07) is 6.10. The molecule has 0 radical (unpaired) electrons. The molecule has 1 aromatic heterocycles. The van der Waals surface area contributed by atoms with Gasteiger partial charge in [-0.2, -0.15) is 0 Å². The van der Waals surface area contributed by atoms with Crippen molar-refractivity contribution in [3.8, 4) is 0 Å². The minimum absolute atomic E-state index is 0.803. The Balaban J connectivity index is 2.89. The maximum absolute atomic E-state index is 11.0. The molecule has 0 saturated heterocycles. The van der Waals surface area contributed by atoms with Crippen LogP contribution in [0.5, 0.6) is 0 Å². The summed E-state index contributed by atoms with van der Waals surface area (Å²) in [6.45, 7) is 4.04. The van der Waals surface area contributed by atoms with Gasteiger partial charge in [0.05, 0.1) is 0 Å². The molecule has 0 amide bonds. The average Bonchev–Trinajstić information content (AvgIpc) is 2.52. The summed E-state index contributed by atoms with van der Waals surface area (Å²) in [7, 11) is 0. The van der Waals surface area contributed by atoms with Gasteiger partial charge in [-0.1, -0.05) is 19.1 Å². The van der Waals surface area contributed by atoms with Crippen LogP contribution in [0.1, 0.15) is 28.5 Å². The fourth-order valence-electron chi connectivity index (χ4n) is 1.92. The number of aromatic nitrogens is 1. The van der Waals surface area contributed by atoms with Gasteiger partial charge in [-0.25, -0.2) is 0 Å². The van der Waals surface area contributed by atoms with Crippen LogP contribution in [0.25, 0.3) is 10.9 Å². The van der Waals surface area contributed by atoms with Crippen molar-refractivity contribution in [1.29, 1.82) is 0 Å². The van der Waals surface area contributed by atoms with Crippen LogP contribution in [-0.2, 0) is 6.42 Å². The van der Waals surface area contributed by atoms with E-state index in [1.165, 1.54) is 5.56 Å². The number of benzene rings is 1. The number of fused-ring (bicyclic) bond motifs is 1. The lowest BCUT2D eigenvalue weighted by Crippen LogP contribution is -1.85. The molecule has 0 bridgehead atoms. The van der Waals surface area contributed by atoms with Crippen molar-refractivity contribution < 1.29 is 4.79 Å². The summed E-state index contributed by atoms with van der Waals surface area (Å²) in [6.07, 6.45) is 1.89. The van der Waals surface area contributed by atoms with Crippen LogP contribution in [0.3, 0.4) is 0 Å². The Bertz CT molecular complexity index is 482. The Kier molecular flexibility index (Phi) is 2.12. The summed E-state index contributed by atoms with van der Waals surface area (Å²) < 4.78 is 0. The minimum atomic E-state index is 0.803. The number of nitrogens with one attached hydrogen (secondary N) is 1. The van der Waals surface area contributed by atoms with Gasteiger partial charge in [0.25, 0.3) is 0 Å². The number of carbonyl (C=O) groups excluding carboxylic acids is 1. The molecular formula is C12H13NO. The number of aldehydes is 1. The zero-order valence-corrected chi connectivity index (χ0v) is 8.42. The first kappa shape index (κ1) is 9.00. The van der Waals surface area contributed by atoms with Crippen LogP contribution < -0.4 is 0 Å². The van der Waals surface area contributed by atoms with E-state index in [1.807, 2.05) is 19.1 Å². The van der Waals surface area contributed by atoms with Gasteiger partial charge in [0, 0.05) is 22.2 Å². The fraction of sp³-hybridized carbons (Fsp3) is 0.250. The van der Waals surface area contributed by atoms with Gasteiger partial charge in [-0.15, -0.1) is 0 Å². The van der Waals surface area contributed by atoms with Crippen molar-refractivity contribution in [2.45, 2.75) is 20.3 Å². The van der Waals surface area contributed by atoms with E-state index < -0.39 is 0 Å². The van der Waals surface area contributed by atoms with E-state index in [1.54, 1.807) is 0 Å². The Hall–Kier alpha value is -1.57. The second-order valence-electron chi connectivity index (χ2n) is 3.47. The molecule has 72 valence electrons. The number of rotatable bonds is 2. The highest BCUT2D eigenvalue weighted by atomic mass is 16.1.